The van der Waals surface area contributed by atoms with Crippen LogP contribution in [0.25, 0.3) is 22.6 Å². The molecule has 0 aliphatic carbocycles. The van der Waals surface area contributed by atoms with Gasteiger partial charge < -0.3 is 14.5 Å². The number of fused-ring (bicyclic) bond motifs is 1. The first-order valence-corrected chi connectivity index (χ1v) is 12.6. The monoisotopic (exact) mass is 516 g/mol. The number of halogens is 1. The van der Waals surface area contributed by atoms with Gasteiger partial charge in [-0.15, -0.1) is 0 Å². The summed E-state index contributed by atoms with van der Waals surface area (Å²) in [5.41, 5.74) is 1.42. The zero-order chi connectivity index (χ0) is 26.0. The highest BCUT2D eigenvalue weighted by atomic mass is 32.2. The number of aromatic amines is 1. The average molecular weight is 517 g/mol. The Morgan fingerprint density at radius 3 is 2.57 bits per heavy atom. The van der Waals surface area contributed by atoms with Crippen LogP contribution in [0.15, 0.2) is 72.3 Å². The number of nitriles is 1. The van der Waals surface area contributed by atoms with Crippen molar-refractivity contribution in [2.75, 3.05) is 5.75 Å². The normalized spacial score (nSPS) is 11.3. The second-order valence-electron chi connectivity index (χ2n) is 7.69. The quantitative estimate of drug-likeness (QED) is 0.322. The van der Waals surface area contributed by atoms with Gasteiger partial charge in [-0.25, -0.2) is 27.8 Å². The van der Waals surface area contributed by atoms with Gasteiger partial charge in [0.15, 0.2) is 26.4 Å². The Kier molecular flexibility index (Phi) is 6.21. The van der Waals surface area contributed by atoms with E-state index in [2.05, 4.69) is 24.9 Å². The molecule has 0 atom stereocenters. The Balaban J connectivity index is 1.57. The van der Waals surface area contributed by atoms with Crippen LogP contribution in [0.4, 0.5) is 4.39 Å². The third-order valence-corrected chi connectivity index (χ3v) is 6.90. The minimum atomic E-state index is -3.46. The highest BCUT2D eigenvalue weighted by molar-refractivity contribution is 7.91. The number of hydrogen-bond donors (Lipinski definition) is 1. The highest BCUT2D eigenvalue weighted by Crippen LogP contribution is 2.37. The lowest BCUT2D eigenvalue weighted by Gasteiger charge is -2.11. The van der Waals surface area contributed by atoms with E-state index in [1.165, 1.54) is 49.8 Å². The third kappa shape index (κ3) is 4.93. The molecule has 0 aliphatic rings. The van der Waals surface area contributed by atoms with E-state index in [9.17, 15) is 18.1 Å². The van der Waals surface area contributed by atoms with Gasteiger partial charge in [0.2, 0.25) is 0 Å². The molecule has 1 N–H and O–H groups in total. The maximum atomic E-state index is 13.6. The number of aromatic nitrogens is 5. The van der Waals surface area contributed by atoms with Gasteiger partial charge in [-0.1, -0.05) is 6.92 Å². The van der Waals surface area contributed by atoms with E-state index < -0.39 is 15.7 Å². The molecule has 10 nitrogen and oxygen atoms in total. The van der Waals surface area contributed by atoms with E-state index in [-0.39, 0.29) is 33.6 Å². The maximum Gasteiger partial charge on any atom is 0.195 e. The summed E-state index contributed by atoms with van der Waals surface area (Å²) in [4.78, 5) is 20.0. The molecule has 0 saturated heterocycles. The fourth-order valence-electron chi connectivity index (χ4n) is 3.43. The van der Waals surface area contributed by atoms with E-state index in [1.54, 1.807) is 18.3 Å². The highest BCUT2D eigenvalue weighted by Gasteiger charge is 2.17. The van der Waals surface area contributed by atoms with Gasteiger partial charge in [0, 0.05) is 24.5 Å². The Morgan fingerprint density at radius 1 is 1.00 bits per heavy atom. The number of rotatable bonds is 7. The lowest BCUT2D eigenvalue weighted by molar-refractivity contribution is 0.460. The van der Waals surface area contributed by atoms with E-state index in [4.69, 9.17) is 9.47 Å². The van der Waals surface area contributed by atoms with Crippen LogP contribution in [-0.2, 0) is 9.84 Å². The summed E-state index contributed by atoms with van der Waals surface area (Å²) in [6, 6.07) is 11.6. The molecule has 0 spiro atoms. The number of ether oxygens (including phenoxy) is 2. The maximum absolute atomic E-state index is 13.6. The SMILES string of the molecule is CCS(=O)(=O)c1ccc(Oc2cc(Oc3ccc(F)cc3C#N)c3nc(-c4cnccn4)[nH]c3c2)cn1. The second kappa shape index (κ2) is 9.63. The zero-order valence-electron chi connectivity index (χ0n) is 19.2. The summed E-state index contributed by atoms with van der Waals surface area (Å²) in [7, 11) is -3.46. The molecule has 0 saturated carbocycles. The number of nitrogens with one attached hydrogen (secondary N) is 1. The van der Waals surface area contributed by atoms with Crippen molar-refractivity contribution < 1.29 is 22.3 Å². The molecule has 3 aromatic heterocycles. The molecule has 5 rings (SSSR count). The lowest BCUT2D eigenvalue weighted by Crippen LogP contribution is -2.05. The van der Waals surface area contributed by atoms with Crippen molar-refractivity contribution in [2.24, 2.45) is 0 Å². The van der Waals surface area contributed by atoms with Crippen molar-refractivity contribution in [3.05, 3.63) is 78.6 Å². The fourth-order valence-corrected chi connectivity index (χ4v) is 4.22. The second-order valence-corrected chi connectivity index (χ2v) is 9.91. The average Bonchev–Trinajstić information content (AvgIpc) is 3.35. The van der Waals surface area contributed by atoms with Crippen LogP contribution in [0.1, 0.15) is 12.5 Å². The van der Waals surface area contributed by atoms with E-state index in [1.807, 2.05) is 6.07 Å². The number of nitrogens with zero attached hydrogens (tertiary/aromatic N) is 5. The molecule has 0 fully saturated rings. The van der Waals surface area contributed by atoms with Gasteiger partial charge in [-0.3, -0.25) is 4.98 Å². The Morgan fingerprint density at radius 2 is 1.86 bits per heavy atom. The molecule has 0 unspecified atom stereocenters. The molecule has 3 heterocycles. The van der Waals surface area contributed by atoms with Crippen LogP contribution in [0.2, 0.25) is 0 Å². The predicted molar refractivity (Wildman–Crippen MR) is 130 cm³/mol. The summed E-state index contributed by atoms with van der Waals surface area (Å²) >= 11 is 0. The molecule has 2 aromatic carbocycles. The van der Waals surface area contributed by atoms with Crippen molar-refractivity contribution in [2.45, 2.75) is 11.9 Å². The van der Waals surface area contributed by atoms with Crippen LogP contribution in [0, 0.1) is 17.1 Å². The van der Waals surface area contributed by atoms with E-state index in [0.717, 1.165) is 6.07 Å². The summed E-state index contributed by atoms with van der Waals surface area (Å²) in [6.07, 6.45) is 5.91. The zero-order valence-corrected chi connectivity index (χ0v) is 20.0. The number of imidazole rings is 1. The molecule has 5 aromatic rings. The van der Waals surface area contributed by atoms with Crippen LogP contribution < -0.4 is 9.47 Å². The fraction of sp³-hybridized carbons (Fsp3) is 0.0800. The van der Waals surface area contributed by atoms with Gasteiger partial charge in [-0.05, 0) is 30.3 Å². The number of hydrogen-bond acceptors (Lipinski definition) is 9. The van der Waals surface area contributed by atoms with Crippen molar-refractivity contribution in [1.82, 2.24) is 24.9 Å². The molecule has 0 bridgehead atoms. The molecule has 184 valence electrons. The smallest absolute Gasteiger partial charge is 0.195 e. The minimum Gasteiger partial charge on any atom is -0.456 e. The number of pyridine rings is 1. The van der Waals surface area contributed by atoms with Gasteiger partial charge >= 0.3 is 0 Å². The molecule has 0 radical (unpaired) electrons. The Labute approximate surface area is 210 Å². The molecule has 0 amide bonds. The Hall–Kier alpha value is -4.89. The van der Waals surface area contributed by atoms with Crippen LogP contribution in [-0.4, -0.2) is 39.1 Å². The van der Waals surface area contributed by atoms with Gasteiger partial charge in [-0.2, -0.15) is 5.26 Å². The largest absolute Gasteiger partial charge is 0.456 e. The first-order valence-electron chi connectivity index (χ1n) is 10.9. The van der Waals surface area contributed by atoms with E-state index >= 15 is 0 Å². The molecule has 37 heavy (non-hydrogen) atoms. The van der Waals surface area contributed by atoms with Gasteiger partial charge in [0.25, 0.3) is 0 Å². The van der Waals surface area contributed by atoms with Gasteiger partial charge in [0.05, 0.1) is 29.2 Å². The molecule has 0 aliphatic heterocycles. The Bertz CT molecular complexity index is 1750. The first-order chi connectivity index (χ1) is 17.9. The molecular weight excluding hydrogens is 499 g/mol. The number of benzene rings is 2. The van der Waals surface area contributed by atoms with E-state index in [0.29, 0.717) is 28.3 Å². The lowest BCUT2D eigenvalue weighted by atomic mass is 10.2. The van der Waals surface area contributed by atoms with Crippen molar-refractivity contribution in [1.29, 1.82) is 5.26 Å². The summed E-state index contributed by atoms with van der Waals surface area (Å²) < 4.78 is 49.6. The number of sulfone groups is 1. The minimum absolute atomic E-state index is 0.000999. The third-order valence-electron chi connectivity index (χ3n) is 5.26. The van der Waals surface area contributed by atoms with Gasteiger partial charge in [0.1, 0.15) is 40.3 Å². The summed E-state index contributed by atoms with van der Waals surface area (Å²) in [6.45, 7) is 1.54. The van der Waals surface area contributed by atoms with Crippen molar-refractivity contribution in [3.63, 3.8) is 0 Å². The number of H-pyrrole nitrogens is 1. The standard InChI is InChI=1S/C25H17FN6O4S/c1-2-37(33,34)23-6-4-17(13-30-23)35-18-10-19-24(32-25(31-19)20-14-28-7-8-29-20)22(11-18)36-21-5-3-16(26)9-15(21)12-27/h3-11,13-14H,2H2,1H3,(H,31,32). The van der Waals surface area contributed by atoms with Crippen molar-refractivity contribution in [3.8, 4) is 40.6 Å². The topological polar surface area (TPSA) is 144 Å². The molecule has 12 heteroatoms. The molecular formula is C25H17FN6O4S. The first kappa shape index (κ1) is 23.8. The van der Waals surface area contributed by atoms with Crippen LogP contribution >= 0.6 is 0 Å². The van der Waals surface area contributed by atoms with Crippen LogP contribution in [0.5, 0.6) is 23.0 Å². The predicted octanol–water partition coefficient (Wildman–Crippen LogP) is 4.80. The van der Waals surface area contributed by atoms with Crippen LogP contribution in [0.3, 0.4) is 0 Å². The van der Waals surface area contributed by atoms with Crippen molar-refractivity contribution >= 4 is 20.9 Å². The summed E-state index contributed by atoms with van der Waals surface area (Å²) in [5.74, 6) is 0.721. The summed E-state index contributed by atoms with van der Waals surface area (Å²) in [5, 5.41) is 9.37.